The van der Waals surface area contributed by atoms with E-state index in [2.05, 4.69) is 25.6 Å². The summed E-state index contributed by atoms with van der Waals surface area (Å²) in [6.45, 7) is 2.78. The Balaban J connectivity index is 1.37. The minimum Gasteiger partial charge on any atom is -0.436 e. The van der Waals surface area contributed by atoms with Crippen LogP contribution in [0.1, 0.15) is 32.0 Å². The van der Waals surface area contributed by atoms with Crippen molar-refractivity contribution in [2.75, 3.05) is 38.5 Å². The molecule has 38 heavy (non-hydrogen) atoms. The number of fused-ring (bicyclic) bond motifs is 1. The zero-order chi connectivity index (χ0) is 27.2. The van der Waals surface area contributed by atoms with E-state index in [1.807, 2.05) is 0 Å². The lowest BCUT2D eigenvalue weighted by Crippen LogP contribution is -2.45. The van der Waals surface area contributed by atoms with E-state index in [0.717, 1.165) is 0 Å². The predicted octanol–water partition coefficient (Wildman–Crippen LogP) is -1.48. The fraction of sp³-hybridized carbons (Fsp3) is 0.652. The van der Waals surface area contributed by atoms with Crippen molar-refractivity contribution in [2.24, 2.45) is 5.92 Å². The molecule has 2 unspecified atom stereocenters. The lowest BCUT2D eigenvalue weighted by molar-refractivity contribution is -0.147. The summed E-state index contributed by atoms with van der Waals surface area (Å²) in [6, 6.07) is 0. The smallest absolute Gasteiger partial charge is 0.410 e. The quantitative estimate of drug-likeness (QED) is 0.237. The molecular weight excluding hydrogens is 500 g/mol. The first-order chi connectivity index (χ1) is 18.3. The summed E-state index contributed by atoms with van der Waals surface area (Å²) in [5.41, 5.74) is 6.92. The van der Waals surface area contributed by atoms with Gasteiger partial charge in [-0.1, -0.05) is 0 Å². The highest BCUT2D eigenvalue weighted by Crippen LogP contribution is 2.24. The van der Waals surface area contributed by atoms with Gasteiger partial charge in [0.2, 0.25) is 0 Å². The minimum atomic E-state index is -1.40. The molecule has 0 aliphatic carbocycles. The molecule has 6 N–H and O–H groups in total. The Kier molecular flexibility index (Phi) is 8.91. The van der Waals surface area contributed by atoms with E-state index in [9.17, 15) is 24.6 Å². The molecule has 0 bridgehead atoms. The molecule has 3 atom stereocenters. The molecule has 15 nitrogen and oxygen atoms in total. The molecule has 2 fully saturated rings. The van der Waals surface area contributed by atoms with Crippen LogP contribution in [0.3, 0.4) is 0 Å². The van der Waals surface area contributed by atoms with Gasteiger partial charge in [-0.3, -0.25) is 14.2 Å². The van der Waals surface area contributed by atoms with Crippen molar-refractivity contribution in [1.82, 2.24) is 35.1 Å². The second-order valence-electron chi connectivity index (χ2n) is 9.36. The zero-order valence-corrected chi connectivity index (χ0v) is 21.2. The Labute approximate surface area is 218 Å². The van der Waals surface area contributed by atoms with Crippen LogP contribution in [0.2, 0.25) is 0 Å². The monoisotopic (exact) mass is 534 g/mol. The Morgan fingerprint density at radius 1 is 1.29 bits per heavy atom. The molecule has 15 heteroatoms. The van der Waals surface area contributed by atoms with Crippen molar-refractivity contribution in [1.29, 1.82) is 0 Å². The number of piperidine rings is 1. The molecule has 2 aromatic rings. The SMILES string of the molecule is CCNC(=O)[C@@H](OCn1cnc2c(N)nc(CC3CCN(C(=O)OC4CCNC4=O)CC3)nc21)C(O)CO. The molecule has 0 radical (unpaired) electrons. The molecule has 208 valence electrons. The van der Waals surface area contributed by atoms with E-state index in [4.69, 9.17) is 15.2 Å². The minimum absolute atomic E-state index is 0.162. The summed E-state index contributed by atoms with van der Waals surface area (Å²) >= 11 is 0. The maximum atomic E-state index is 12.4. The zero-order valence-electron chi connectivity index (χ0n) is 21.2. The van der Waals surface area contributed by atoms with E-state index in [0.29, 0.717) is 68.9 Å². The van der Waals surface area contributed by atoms with Crippen molar-refractivity contribution in [3.8, 4) is 0 Å². The molecule has 0 saturated carbocycles. The number of nitrogens with two attached hydrogens (primary N) is 1. The Hall–Kier alpha value is -3.56. The van der Waals surface area contributed by atoms with Crippen LogP contribution in [-0.2, 0) is 32.2 Å². The van der Waals surface area contributed by atoms with Crippen LogP contribution in [0.25, 0.3) is 11.2 Å². The summed E-state index contributed by atoms with van der Waals surface area (Å²) in [6.07, 6.45) is 0.0127. The van der Waals surface area contributed by atoms with Crippen LogP contribution >= 0.6 is 0 Å². The molecule has 2 aromatic heterocycles. The number of ether oxygens (including phenoxy) is 2. The van der Waals surface area contributed by atoms with E-state index in [1.54, 1.807) is 16.4 Å². The van der Waals surface area contributed by atoms with Gasteiger partial charge in [-0.15, -0.1) is 0 Å². The van der Waals surface area contributed by atoms with Gasteiger partial charge in [0.1, 0.15) is 24.2 Å². The van der Waals surface area contributed by atoms with Gasteiger partial charge < -0.3 is 41.0 Å². The van der Waals surface area contributed by atoms with Crippen molar-refractivity contribution in [3.63, 3.8) is 0 Å². The number of amides is 3. The van der Waals surface area contributed by atoms with Gasteiger partial charge in [0.05, 0.1) is 12.9 Å². The number of nitrogen functional groups attached to an aromatic ring is 1. The van der Waals surface area contributed by atoms with Gasteiger partial charge >= 0.3 is 6.09 Å². The number of nitrogens with zero attached hydrogens (tertiary/aromatic N) is 5. The maximum absolute atomic E-state index is 12.4. The number of carbonyl (C=O) groups is 3. The summed E-state index contributed by atoms with van der Waals surface area (Å²) in [5.74, 6) is 0.119. The number of anilines is 1. The second kappa shape index (κ2) is 12.3. The molecule has 2 aliphatic heterocycles. The number of likely N-dealkylation sites (N-methyl/N-ethyl adjacent to an activating group) is 1. The summed E-state index contributed by atoms with van der Waals surface area (Å²) in [4.78, 5) is 51.2. The fourth-order valence-electron chi connectivity index (χ4n) is 4.55. The predicted molar refractivity (Wildman–Crippen MR) is 132 cm³/mol. The van der Waals surface area contributed by atoms with Crippen LogP contribution in [0, 0.1) is 5.92 Å². The Bertz CT molecular complexity index is 1150. The number of aliphatic hydroxyl groups is 2. The van der Waals surface area contributed by atoms with Crippen molar-refractivity contribution >= 4 is 34.9 Å². The average Bonchev–Trinajstić information content (AvgIpc) is 3.50. The number of hydrogen-bond donors (Lipinski definition) is 5. The average molecular weight is 535 g/mol. The molecule has 0 spiro atoms. The number of nitrogens with one attached hydrogen (secondary N) is 2. The highest BCUT2D eigenvalue weighted by atomic mass is 16.6. The van der Waals surface area contributed by atoms with Crippen LogP contribution < -0.4 is 16.4 Å². The third kappa shape index (κ3) is 6.28. The van der Waals surface area contributed by atoms with Gasteiger partial charge in [-0.2, -0.15) is 0 Å². The highest BCUT2D eigenvalue weighted by Gasteiger charge is 2.32. The van der Waals surface area contributed by atoms with E-state index in [-0.39, 0.29) is 24.4 Å². The number of rotatable bonds is 10. The first-order valence-corrected chi connectivity index (χ1v) is 12.7. The molecule has 4 rings (SSSR count). The molecule has 2 aliphatic rings. The number of hydrogen-bond acceptors (Lipinski definition) is 11. The van der Waals surface area contributed by atoms with Gasteiger partial charge in [0.25, 0.3) is 11.8 Å². The first kappa shape index (κ1) is 27.5. The standard InChI is InChI=1S/C23H34N8O7/c1-2-25-22(35)18(14(33)10-32)37-12-31-11-27-17-19(24)28-16(29-20(17)31)9-13-4-7-30(8-5-13)23(36)38-15-3-6-26-21(15)34/h11,13-15,18,32-33H,2-10,12H2,1H3,(H,25,35)(H,26,34)(H2,24,28,29)/t14?,15?,18-/m0/s1. The van der Waals surface area contributed by atoms with E-state index >= 15 is 0 Å². The highest BCUT2D eigenvalue weighted by molar-refractivity contribution is 5.85. The third-order valence-electron chi connectivity index (χ3n) is 6.66. The lowest BCUT2D eigenvalue weighted by Gasteiger charge is -2.31. The van der Waals surface area contributed by atoms with E-state index < -0.39 is 36.9 Å². The van der Waals surface area contributed by atoms with Gasteiger partial charge in [-0.05, 0) is 25.7 Å². The second-order valence-corrected chi connectivity index (χ2v) is 9.36. The van der Waals surface area contributed by atoms with Crippen LogP contribution in [0.4, 0.5) is 10.6 Å². The van der Waals surface area contributed by atoms with Crippen LogP contribution in [0.15, 0.2) is 6.33 Å². The molecule has 4 heterocycles. The molecule has 0 aromatic carbocycles. The maximum Gasteiger partial charge on any atom is 0.410 e. The molecule has 2 saturated heterocycles. The number of carbonyl (C=O) groups excluding carboxylic acids is 3. The van der Waals surface area contributed by atoms with Gasteiger partial charge in [0.15, 0.2) is 23.7 Å². The van der Waals surface area contributed by atoms with Crippen molar-refractivity contribution in [2.45, 2.75) is 57.6 Å². The van der Waals surface area contributed by atoms with E-state index in [1.165, 1.54) is 6.33 Å². The van der Waals surface area contributed by atoms with Gasteiger partial charge in [0, 0.05) is 39.0 Å². The Morgan fingerprint density at radius 2 is 2.05 bits per heavy atom. The topological polar surface area (TPSA) is 207 Å². The van der Waals surface area contributed by atoms with Crippen molar-refractivity contribution in [3.05, 3.63) is 12.2 Å². The van der Waals surface area contributed by atoms with Crippen molar-refractivity contribution < 1.29 is 34.1 Å². The first-order valence-electron chi connectivity index (χ1n) is 12.7. The number of aliphatic hydroxyl groups excluding tert-OH is 2. The summed E-state index contributed by atoms with van der Waals surface area (Å²) in [7, 11) is 0. The normalized spacial score (nSPS) is 19.8. The Morgan fingerprint density at radius 3 is 2.71 bits per heavy atom. The number of aromatic nitrogens is 4. The fourth-order valence-corrected chi connectivity index (χ4v) is 4.55. The summed E-state index contributed by atoms with van der Waals surface area (Å²) in [5, 5.41) is 24.5. The van der Waals surface area contributed by atoms with Crippen LogP contribution in [-0.4, -0.2) is 104 Å². The van der Waals surface area contributed by atoms with Gasteiger partial charge in [-0.25, -0.2) is 19.7 Å². The van der Waals surface area contributed by atoms with Crippen LogP contribution in [0.5, 0.6) is 0 Å². The lowest BCUT2D eigenvalue weighted by atomic mass is 9.93. The number of imidazole rings is 1. The third-order valence-corrected chi connectivity index (χ3v) is 6.66. The molecular formula is C23H34N8O7. The molecule has 3 amide bonds. The summed E-state index contributed by atoms with van der Waals surface area (Å²) < 4.78 is 12.5. The number of likely N-dealkylation sites (tertiary alicyclic amines) is 1. The largest absolute Gasteiger partial charge is 0.436 e.